The van der Waals surface area contributed by atoms with Gasteiger partial charge in [0.25, 0.3) is 5.91 Å². The molecule has 0 heterocycles. The van der Waals surface area contributed by atoms with E-state index in [1.807, 2.05) is 0 Å². The fourth-order valence-corrected chi connectivity index (χ4v) is 2.35. The van der Waals surface area contributed by atoms with Crippen LogP contribution in [0.3, 0.4) is 0 Å². The summed E-state index contributed by atoms with van der Waals surface area (Å²) >= 11 is 17.0. The summed E-state index contributed by atoms with van der Waals surface area (Å²) < 4.78 is 5.00. The smallest absolute Gasteiger partial charge is 0.308 e. The number of nitrogens with one attached hydrogen (secondary N) is 2. The van der Waals surface area contributed by atoms with E-state index in [4.69, 9.17) is 40.2 Å². The van der Waals surface area contributed by atoms with Crippen LogP contribution in [0.25, 0.3) is 0 Å². The molecule has 0 aliphatic carbocycles. The molecule has 2 N–H and O–H groups in total. The summed E-state index contributed by atoms with van der Waals surface area (Å²) in [6.45, 7) is 1.25. The molecule has 0 saturated carbocycles. The Balaban J connectivity index is 2.11. The van der Waals surface area contributed by atoms with Gasteiger partial charge in [-0.3, -0.25) is 14.9 Å². The maximum absolute atomic E-state index is 12.3. The molecule has 0 saturated heterocycles. The summed E-state index contributed by atoms with van der Waals surface area (Å²) in [4.78, 5) is 23.4. The Morgan fingerprint density at radius 2 is 1.83 bits per heavy atom. The number of ether oxygens (including phenoxy) is 1. The minimum atomic E-state index is -0.526. The van der Waals surface area contributed by atoms with Crippen LogP contribution in [-0.4, -0.2) is 17.0 Å². The Bertz CT molecular complexity index is 812. The van der Waals surface area contributed by atoms with Crippen LogP contribution in [0, 0.1) is 0 Å². The number of hydrogen-bond acceptors (Lipinski definition) is 4. The second kappa shape index (κ2) is 8.10. The maximum atomic E-state index is 12.3. The molecule has 0 radical (unpaired) electrons. The van der Waals surface area contributed by atoms with Crippen molar-refractivity contribution in [2.75, 3.05) is 5.32 Å². The molecule has 5 nitrogen and oxygen atoms in total. The molecule has 0 spiro atoms. The van der Waals surface area contributed by atoms with E-state index >= 15 is 0 Å². The number of anilines is 1. The average Bonchev–Trinajstić information content (AvgIpc) is 2.50. The first-order valence-corrected chi connectivity index (χ1v) is 7.88. The van der Waals surface area contributed by atoms with Crippen LogP contribution in [0.2, 0.25) is 10.0 Å². The molecule has 8 heteroatoms. The maximum Gasteiger partial charge on any atom is 0.308 e. The summed E-state index contributed by atoms with van der Waals surface area (Å²) in [6, 6.07) is 11.1. The van der Waals surface area contributed by atoms with Gasteiger partial charge in [0.15, 0.2) is 5.11 Å². The Kier molecular flexibility index (Phi) is 6.14. The van der Waals surface area contributed by atoms with Gasteiger partial charge in [0.1, 0.15) is 5.75 Å². The third-order valence-corrected chi connectivity index (χ3v) is 3.56. The van der Waals surface area contributed by atoms with Gasteiger partial charge in [0.05, 0.1) is 16.3 Å². The average molecular weight is 383 g/mol. The van der Waals surface area contributed by atoms with Gasteiger partial charge in [-0.25, -0.2) is 0 Å². The molecule has 24 heavy (non-hydrogen) atoms. The van der Waals surface area contributed by atoms with Crippen LogP contribution >= 0.6 is 35.4 Å². The first-order chi connectivity index (χ1) is 11.4. The molecule has 124 valence electrons. The fraction of sp³-hybridized carbons (Fsp3) is 0.0625. The quantitative estimate of drug-likeness (QED) is 0.476. The summed E-state index contributed by atoms with van der Waals surface area (Å²) in [7, 11) is 0. The second-order valence-corrected chi connectivity index (χ2v) is 5.87. The first kappa shape index (κ1) is 18.2. The van der Waals surface area contributed by atoms with E-state index in [1.54, 1.807) is 30.3 Å². The molecule has 0 aliphatic heterocycles. The summed E-state index contributed by atoms with van der Waals surface area (Å²) in [5, 5.41) is 6.18. The zero-order valence-corrected chi connectivity index (χ0v) is 14.8. The Labute approximate surface area is 153 Å². The number of carbonyl (C=O) groups is 2. The second-order valence-electron chi connectivity index (χ2n) is 4.62. The van der Waals surface area contributed by atoms with Gasteiger partial charge in [0.2, 0.25) is 0 Å². The fourth-order valence-electron chi connectivity index (χ4n) is 1.82. The highest BCUT2D eigenvalue weighted by Crippen LogP contribution is 2.25. The van der Waals surface area contributed by atoms with Crippen molar-refractivity contribution in [2.24, 2.45) is 0 Å². The third kappa shape index (κ3) is 4.92. The van der Waals surface area contributed by atoms with Crippen molar-refractivity contribution in [2.45, 2.75) is 6.92 Å². The Morgan fingerprint density at radius 3 is 2.54 bits per heavy atom. The number of amides is 1. The van der Waals surface area contributed by atoms with E-state index in [0.29, 0.717) is 15.7 Å². The highest BCUT2D eigenvalue weighted by Gasteiger charge is 2.15. The van der Waals surface area contributed by atoms with Crippen LogP contribution in [-0.2, 0) is 4.79 Å². The van der Waals surface area contributed by atoms with E-state index in [1.165, 1.54) is 19.1 Å². The molecule has 1 amide bonds. The van der Waals surface area contributed by atoms with E-state index in [2.05, 4.69) is 10.6 Å². The molecule has 0 atom stereocenters. The summed E-state index contributed by atoms with van der Waals surface area (Å²) in [5.74, 6) is -0.907. The molecule has 0 aliphatic rings. The predicted molar refractivity (Wildman–Crippen MR) is 97.9 cm³/mol. The number of benzene rings is 2. The normalized spacial score (nSPS) is 9.96. The number of thiocarbonyl (C=S) groups is 1. The van der Waals surface area contributed by atoms with Gasteiger partial charge in [-0.15, -0.1) is 0 Å². The molecule has 0 bridgehead atoms. The van der Waals surface area contributed by atoms with E-state index in [9.17, 15) is 9.59 Å². The topological polar surface area (TPSA) is 67.4 Å². The van der Waals surface area contributed by atoms with Crippen molar-refractivity contribution in [1.29, 1.82) is 0 Å². The van der Waals surface area contributed by atoms with Gasteiger partial charge in [-0.1, -0.05) is 35.3 Å². The molecule has 2 rings (SSSR count). The van der Waals surface area contributed by atoms with Gasteiger partial charge < -0.3 is 10.1 Å². The molecular formula is C16H12Cl2N2O3S. The van der Waals surface area contributed by atoms with Crippen molar-refractivity contribution < 1.29 is 14.3 Å². The van der Waals surface area contributed by atoms with Gasteiger partial charge in [0, 0.05) is 11.9 Å². The van der Waals surface area contributed by atoms with Crippen molar-refractivity contribution in [3.05, 3.63) is 58.1 Å². The number of halogens is 2. The van der Waals surface area contributed by atoms with E-state index in [0.717, 1.165) is 0 Å². The summed E-state index contributed by atoms with van der Waals surface area (Å²) in [6.07, 6.45) is 0. The standard InChI is InChI=1S/C16H12Cl2N2O3S/c1-9(21)23-14-5-3-2-4-11(14)15(22)20-16(24)19-13-8-10(17)6-7-12(13)18/h2-8H,1H3,(H2,19,20,22,24). The molecule has 2 aromatic carbocycles. The lowest BCUT2D eigenvalue weighted by molar-refractivity contribution is -0.131. The highest BCUT2D eigenvalue weighted by atomic mass is 35.5. The molecular weight excluding hydrogens is 371 g/mol. The zero-order valence-electron chi connectivity index (χ0n) is 12.4. The number of para-hydroxylation sites is 1. The van der Waals surface area contributed by atoms with Gasteiger partial charge >= 0.3 is 5.97 Å². The number of esters is 1. The van der Waals surface area contributed by atoms with Crippen molar-refractivity contribution in [3.63, 3.8) is 0 Å². The lowest BCUT2D eigenvalue weighted by Gasteiger charge is -2.12. The Hall–Kier alpha value is -2.15. The molecule has 0 fully saturated rings. The lowest BCUT2D eigenvalue weighted by Crippen LogP contribution is -2.34. The first-order valence-electron chi connectivity index (χ1n) is 6.71. The zero-order chi connectivity index (χ0) is 17.7. The van der Waals surface area contributed by atoms with Crippen LogP contribution in [0.15, 0.2) is 42.5 Å². The van der Waals surface area contributed by atoms with Gasteiger partial charge in [-0.2, -0.15) is 0 Å². The Morgan fingerprint density at radius 1 is 1.12 bits per heavy atom. The van der Waals surface area contributed by atoms with Crippen molar-refractivity contribution in [1.82, 2.24) is 5.32 Å². The van der Waals surface area contributed by atoms with Gasteiger partial charge in [-0.05, 0) is 42.5 Å². The molecule has 2 aromatic rings. The number of hydrogen-bond donors (Lipinski definition) is 2. The minimum Gasteiger partial charge on any atom is -0.426 e. The predicted octanol–water partition coefficient (Wildman–Crippen LogP) is 4.05. The third-order valence-electron chi connectivity index (χ3n) is 2.79. The number of carbonyl (C=O) groups excluding carboxylic acids is 2. The van der Waals surface area contributed by atoms with Crippen LogP contribution in [0.4, 0.5) is 5.69 Å². The summed E-state index contributed by atoms with van der Waals surface area (Å²) in [5.41, 5.74) is 0.636. The number of rotatable bonds is 3. The monoisotopic (exact) mass is 382 g/mol. The van der Waals surface area contributed by atoms with E-state index < -0.39 is 11.9 Å². The largest absolute Gasteiger partial charge is 0.426 e. The lowest BCUT2D eigenvalue weighted by atomic mass is 10.2. The molecule has 0 aromatic heterocycles. The van der Waals surface area contributed by atoms with Crippen LogP contribution < -0.4 is 15.4 Å². The highest BCUT2D eigenvalue weighted by molar-refractivity contribution is 7.80. The van der Waals surface area contributed by atoms with Crippen molar-refractivity contribution >= 4 is 58.1 Å². The molecule has 0 unspecified atom stereocenters. The van der Waals surface area contributed by atoms with Crippen LogP contribution in [0.1, 0.15) is 17.3 Å². The van der Waals surface area contributed by atoms with Crippen molar-refractivity contribution in [3.8, 4) is 5.75 Å². The SMILES string of the molecule is CC(=O)Oc1ccccc1C(=O)NC(=S)Nc1cc(Cl)ccc1Cl. The van der Waals surface area contributed by atoms with E-state index in [-0.39, 0.29) is 16.4 Å². The van der Waals surface area contributed by atoms with Crippen LogP contribution in [0.5, 0.6) is 5.75 Å². The minimum absolute atomic E-state index is 0.0294.